The van der Waals surface area contributed by atoms with Crippen molar-refractivity contribution >= 4 is 11.3 Å². The van der Waals surface area contributed by atoms with Crippen LogP contribution in [0.25, 0.3) is 0 Å². The van der Waals surface area contributed by atoms with Gasteiger partial charge in [0.25, 0.3) is 0 Å². The maximum atomic E-state index is 5.67. The number of benzene rings is 1. The van der Waals surface area contributed by atoms with E-state index in [9.17, 15) is 0 Å². The molecule has 0 bridgehead atoms. The van der Waals surface area contributed by atoms with Gasteiger partial charge in [-0.3, -0.25) is 5.32 Å². The van der Waals surface area contributed by atoms with Crippen LogP contribution in [0.3, 0.4) is 0 Å². The predicted molar refractivity (Wildman–Crippen MR) is 70.5 cm³/mol. The van der Waals surface area contributed by atoms with E-state index in [2.05, 4.69) is 41.9 Å². The number of thiophene rings is 1. The molecule has 0 radical (unpaired) electrons. The van der Waals surface area contributed by atoms with Crippen LogP contribution in [0, 0.1) is 0 Å². The molecule has 0 saturated heterocycles. The van der Waals surface area contributed by atoms with Crippen LogP contribution in [0.5, 0.6) is 5.75 Å². The summed E-state index contributed by atoms with van der Waals surface area (Å²) < 4.78 is 5.67. The summed E-state index contributed by atoms with van der Waals surface area (Å²) in [5.74, 6) is 1.02. The lowest BCUT2D eigenvalue weighted by Gasteiger charge is -2.17. The van der Waals surface area contributed by atoms with Crippen LogP contribution in [0.15, 0.2) is 41.8 Å². The number of nitrogens with one attached hydrogen (secondary N) is 1. The summed E-state index contributed by atoms with van der Waals surface area (Å²) in [6.45, 7) is 2.93. The van der Waals surface area contributed by atoms with E-state index >= 15 is 0 Å². The Balaban J connectivity index is 1.75. The van der Waals surface area contributed by atoms with E-state index < -0.39 is 0 Å². The largest absolute Gasteiger partial charge is 0.491 e. The van der Waals surface area contributed by atoms with Crippen molar-refractivity contribution in [1.29, 1.82) is 0 Å². The number of hydrogen-bond acceptors (Lipinski definition) is 3. The van der Waals surface area contributed by atoms with Gasteiger partial charge >= 0.3 is 0 Å². The van der Waals surface area contributed by atoms with Crippen LogP contribution >= 0.6 is 11.3 Å². The van der Waals surface area contributed by atoms with E-state index in [0.717, 1.165) is 12.4 Å². The van der Waals surface area contributed by atoms with Gasteiger partial charge in [0.05, 0.1) is 6.04 Å². The average Bonchev–Trinajstić information content (AvgIpc) is 2.98. The molecular formula is C14H15NOS. The average molecular weight is 245 g/mol. The third kappa shape index (κ3) is 2.08. The van der Waals surface area contributed by atoms with E-state index in [1.165, 1.54) is 10.4 Å². The van der Waals surface area contributed by atoms with Crippen molar-refractivity contribution in [3.05, 3.63) is 52.2 Å². The second-order valence-corrected chi connectivity index (χ2v) is 5.28. The summed E-state index contributed by atoms with van der Waals surface area (Å²) in [7, 11) is 0. The van der Waals surface area contributed by atoms with Gasteiger partial charge < -0.3 is 4.74 Å². The molecule has 17 heavy (non-hydrogen) atoms. The third-order valence-corrected chi connectivity index (χ3v) is 4.18. The molecule has 3 rings (SSSR count). The molecule has 0 aliphatic carbocycles. The fourth-order valence-corrected chi connectivity index (χ4v) is 2.97. The summed E-state index contributed by atoms with van der Waals surface area (Å²) in [5.41, 5.74) is 1.27. The lowest BCUT2D eigenvalue weighted by atomic mass is 10.1. The van der Waals surface area contributed by atoms with Crippen LogP contribution in [-0.4, -0.2) is 6.61 Å². The zero-order chi connectivity index (χ0) is 11.7. The second kappa shape index (κ2) is 4.51. The first kappa shape index (κ1) is 10.8. The lowest BCUT2D eigenvalue weighted by molar-refractivity contribution is 0.301. The molecular weight excluding hydrogens is 230 g/mol. The smallest absolute Gasteiger partial charge is 0.124 e. The summed E-state index contributed by atoms with van der Waals surface area (Å²) in [5, 5.41) is 5.74. The Morgan fingerprint density at radius 1 is 1.29 bits per heavy atom. The molecule has 2 atom stereocenters. The van der Waals surface area contributed by atoms with Gasteiger partial charge in [0.1, 0.15) is 12.4 Å². The monoisotopic (exact) mass is 245 g/mol. The standard InChI is InChI=1S/C14H15NOS/c1-10(14-7-4-8-17-14)15-12-9-16-13-6-3-2-5-11(12)13/h2-8,10,12,15H,9H2,1H3. The molecule has 2 heterocycles. The topological polar surface area (TPSA) is 21.3 Å². The van der Waals surface area contributed by atoms with Crippen molar-refractivity contribution in [1.82, 2.24) is 5.32 Å². The van der Waals surface area contributed by atoms with Crippen LogP contribution in [0.4, 0.5) is 0 Å². The van der Waals surface area contributed by atoms with E-state index in [-0.39, 0.29) is 0 Å². The van der Waals surface area contributed by atoms with Crippen molar-refractivity contribution in [2.24, 2.45) is 0 Å². The Bertz CT molecular complexity index is 495. The zero-order valence-electron chi connectivity index (χ0n) is 9.72. The number of rotatable bonds is 3. The highest BCUT2D eigenvalue weighted by molar-refractivity contribution is 7.10. The fraction of sp³-hybridized carbons (Fsp3) is 0.286. The Morgan fingerprint density at radius 3 is 3.00 bits per heavy atom. The maximum Gasteiger partial charge on any atom is 0.124 e. The number of hydrogen-bond donors (Lipinski definition) is 1. The van der Waals surface area contributed by atoms with Gasteiger partial charge in [0.15, 0.2) is 0 Å². The third-order valence-electron chi connectivity index (χ3n) is 3.12. The Kier molecular flexibility index (Phi) is 2.87. The minimum atomic E-state index is 0.309. The molecule has 0 amide bonds. The quantitative estimate of drug-likeness (QED) is 0.893. The molecule has 2 unspecified atom stereocenters. The van der Waals surface area contributed by atoms with E-state index in [4.69, 9.17) is 4.74 Å². The SMILES string of the molecule is CC(NC1COc2ccccc21)c1cccs1. The van der Waals surface area contributed by atoms with Gasteiger partial charge in [-0.05, 0) is 24.4 Å². The Labute approximate surface area is 105 Å². The van der Waals surface area contributed by atoms with Crippen molar-refractivity contribution in [2.45, 2.75) is 19.0 Å². The van der Waals surface area contributed by atoms with Gasteiger partial charge in [-0.15, -0.1) is 11.3 Å². The molecule has 2 aromatic rings. The van der Waals surface area contributed by atoms with Crippen LogP contribution < -0.4 is 10.1 Å². The molecule has 1 N–H and O–H groups in total. The highest BCUT2D eigenvalue weighted by Crippen LogP contribution is 2.33. The van der Waals surface area contributed by atoms with Crippen molar-refractivity contribution in [2.75, 3.05) is 6.61 Å². The van der Waals surface area contributed by atoms with Crippen molar-refractivity contribution in [3.8, 4) is 5.75 Å². The second-order valence-electron chi connectivity index (χ2n) is 4.31. The summed E-state index contributed by atoms with van der Waals surface area (Å²) >= 11 is 1.79. The molecule has 0 spiro atoms. The zero-order valence-corrected chi connectivity index (χ0v) is 10.5. The number of fused-ring (bicyclic) bond motifs is 1. The highest BCUT2D eigenvalue weighted by atomic mass is 32.1. The van der Waals surface area contributed by atoms with Gasteiger partial charge in [-0.25, -0.2) is 0 Å². The molecule has 0 saturated carbocycles. The molecule has 3 heteroatoms. The minimum Gasteiger partial charge on any atom is -0.491 e. The van der Waals surface area contributed by atoms with E-state index in [1.807, 2.05) is 12.1 Å². The molecule has 2 nitrogen and oxygen atoms in total. The van der Waals surface area contributed by atoms with Gasteiger partial charge in [0.2, 0.25) is 0 Å². The first-order valence-electron chi connectivity index (χ1n) is 5.86. The number of para-hydroxylation sites is 1. The lowest BCUT2D eigenvalue weighted by Crippen LogP contribution is -2.25. The first-order chi connectivity index (χ1) is 8.34. The van der Waals surface area contributed by atoms with Crippen LogP contribution in [-0.2, 0) is 0 Å². The van der Waals surface area contributed by atoms with Crippen molar-refractivity contribution < 1.29 is 4.74 Å². The Morgan fingerprint density at radius 2 is 2.18 bits per heavy atom. The maximum absolute atomic E-state index is 5.67. The van der Waals surface area contributed by atoms with Gasteiger partial charge in [-0.1, -0.05) is 24.3 Å². The summed E-state index contributed by atoms with van der Waals surface area (Å²) in [6, 6.07) is 13.2. The molecule has 1 aliphatic heterocycles. The molecule has 88 valence electrons. The minimum absolute atomic E-state index is 0.309. The molecule has 1 aliphatic rings. The van der Waals surface area contributed by atoms with E-state index in [0.29, 0.717) is 12.1 Å². The fourth-order valence-electron chi connectivity index (χ4n) is 2.22. The van der Waals surface area contributed by atoms with Crippen molar-refractivity contribution in [3.63, 3.8) is 0 Å². The highest BCUT2D eigenvalue weighted by Gasteiger charge is 2.25. The molecule has 1 aromatic heterocycles. The van der Waals surface area contributed by atoms with Crippen LogP contribution in [0.1, 0.15) is 29.4 Å². The first-order valence-corrected chi connectivity index (χ1v) is 6.74. The van der Waals surface area contributed by atoms with Gasteiger partial charge in [0, 0.05) is 16.5 Å². The molecule has 0 fully saturated rings. The predicted octanol–water partition coefficient (Wildman–Crippen LogP) is 3.53. The normalized spacial score (nSPS) is 19.7. The summed E-state index contributed by atoms with van der Waals surface area (Å²) in [6.07, 6.45) is 0. The van der Waals surface area contributed by atoms with Gasteiger partial charge in [-0.2, -0.15) is 0 Å². The van der Waals surface area contributed by atoms with E-state index in [1.54, 1.807) is 11.3 Å². The molecule has 1 aromatic carbocycles. The summed E-state index contributed by atoms with van der Waals surface area (Å²) in [4.78, 5) is 1.37. The number of ether oxygens (including phenoxy) is 1. The van der Waals surface area contributed by atoms with Crippen LogP contribution in [0.2, 0.25) is 0 Å². The Hall–Kier alpha value is -1.32.